The first-order chi connectivity index (χ1) is 9.04. The van der Waals surface area contributed by atoms with Crippen LogP contribution < -0.4 is 4.74 Å². The van der Waals surface area contributed by atoms with Crippen LogP contribution in [0.25, 0.3) is 10.9 Å². The van der Waals surface area contributed by atoms with Gasteiger partial charge in [0.1, 0.15) is 22.9 Å². The summed E-state index contributed by atoms with van der Waals surface area (Å²) in [7, 11) is 1.22. The molecule has 1 heterocycles. The van der Waals surface area contributed by atoms with E-state index in [1.807, 2.05) is 0 Å². The Bertz CT molecular complexity index is 631. The van der Waals surface area contributed by atoms with Crippen LogP contribution >= 0.6 is 0 Å². The summed E-state index contributed by atoms with van der Waals surface area (Å²) in [5.74, 6) is -1.90. The van der Waals surface area contributed by atoms with Crippen LogP contribution in [-0.2, 0) is 9.53 Å². The maximum absolute atomic E-state index is 13.8. The molecule has 1 atom stereocenters. The lowest BCUT2D eigenvalue weighted by atomic mass is 10.2. The summed E-state index contributed by atoms with van der Waals surface area (Å²) >= 11 is 0. The summed E-state index contributed by atoms with van der Waals surface area (Å²) in [5.41, 5.74) is -0.144. The van der Waals surface area contributed by atoms with Crippen molar-refractivity contribution >= 4 is 16.9 Å². The number of hydrogen-bond donors (Lipinski definition) is 0. The second kappa shape index (κ2) is 5.17. The minimum atomic E-state index is -0.932. The van der Waals surface area contributed by atoms with Crippen molar-refractivity contribution in [3.8, 4) is 5.75 Å². The summed E-state index contributed by atoms with van der Waals surface area (Å²) in [4.78, 5) is 15.0. The molecule has 0 saturated carbocycles. The predicted molar refractivity (Wildman–Crippen MR) is 63.8 cm³/mol. The lowest BCUT2D eigenvalue weighted by molar-refractivity contribution is -0.147. The average Bonchev–Trinajstić information content (AvgIpc) is 2.42. The number of rotatable bonds is 3. The first kappa shape index (κ1) is 13.2. The number of carbonyl (C=O) groups is 1. The average molecular weight is 267 g/mol. The Labute approximate surface area is 108 Å². The lowest BCUT2D eigenvalue weighted by Gasteiger charge is -2.14. The number of aromatic nitrogens is 1. The van der Waals surface area contributed by atoms with Gasteiger partial charge in [-0.25, -0.2) is 13.6 Å². The Morgan fingerprint density at radius 2 is 1.95 bits per heavy atom. The van der Waals surface area contributed by atoms with E-state index in [1.165, 1.54) is 26.3 Å². The highest BCUT2D eigenvalue weighted by atomic mass is 19.1. The minimum Gasteiger partial charge on any atom is -0.478 e. The number of fused-ring (bicyclic) bond motifs is 1. The third-order valence-electron chi connectivity index (χ3n) is 2.59. The quantitative estimate of drug-likeness (QED) is 0.801. The molecule has 0 aliphatic rings. The van der Waals surface area contributed by atoms with E-state index in [0.29, 0.717) is 0 Å². The van der Waals surface area contributed by atoms with Gasteiger partial charge in [0.15, 0.2) is 6.10 Å². The molecule has 100 valence electrons. The highest BCUT2D eigenvalue weighted by Crippen LogP contribution is 2.29. The summed E-state index contributed by atoms with van der Waals surface area (Å²) < 4.78 is 37.1. The zero-order valence-electron chi connectivity index (χ0n) is 10.3. The first-order valence-electron chi connectivity index (χ1n) is 5.51. The van der Waals surface area contributed by atoms with Gasteiger partial charge in [0.25, 0.3) is 0 Å². The first-order valence-corrected chi connectivity index (χ1v) is 5.51. The standard InChI is InChI=1S/C13H11F2NO3/c1-7(13(17)18-2)19-10-5-6-16-12-9(15)4-3-8(14)11(10)12/h3-7H,1-2H3. The van der Waals surface area contributed by atoms with Crippen molar-refractivity contribution in [2.75, 3.05) is 7.11 Å². The van der Waals surface area contributed by atoms with Gasteiger partial charge in [-0.05, 0) is 25.1 Å². The van der Waals surface area contributed by atoms with E-state index in [4.69, 9.17) is 4.74 Å². The van der Waals surface area contributed by atoms with Crippen molar-refractivity contribution < 1.29 is 23.0 Å². The van der Waals surface area contributed by atoms with Crippen molar-refractivity contribution in [3.05, 3.63) is 36.0 Å². The Balaban J connectivity index is 2.50. The number of esters is 1. The second-order valence-electron chi connectivity index (χ2n) is 3.85. The van der Waals surface area contributed by atoms with Crippen LogP contribution in [-0.4, -0.2) is 24.2 Å². The van der Waals surface area contributed by atoms with Crippen molar-refractivity contribution in [3.63, 3.8) is 0 Å². The highest BCUT2D eigenvalue weighted by molar-refractivity contribution is 5.86. The number of methoxy groups -OCH3 is 1. The molecule has 0 aliphatic heterocycles. The van der Waals surface area contributed by atoms with E-state index >= 15 is 0 Å². The molecule has 6 heteroatoms. The van der Waals surface area contributed by atoms with Crippen molar-refractivity contribution in [1.29, 1.82) is 0 Å². The Morgan fingerprint density at radius 3 is 2.63 bits per heavy atom. The van der Waals surface area contributed by atoms with E-state index in [9.17, 15) is 13.6 Å². The van der Waals surface area contributed by atoms with E-state index < -0.39 is 23.7 Å². The molecule has 19 heavy (non-hydrogen) atoms. The number of ether oxygens (including phenoxy) is 2. The third-order valence-corrected chi connectivity index (χ3v) is 2.59. The molecule has 1 aromatic carbocycles. The molecule has 0 aliphatic carbocycles. The topological polar surface area (TPSA) is 48.4 Å². The molecule has 1 aromatic heterocycles. The molecule has 2 aromatic rings. The van der Waals surface area contributed by atoms with E-state index in [-0.39, 0.29) is 16.7 Å². The molecule has 0 radical (unpaired) electrons. The van der Waals surface area contributed by atoms with Gasteiger partial charge in [0, 0.05) is 6.20 Å². The molecular formula is C13H11F2NO3. The summed E-state index contributed by atoms with van der Waals surface area (Å²) in [6, 6.07) is 3.33. The van der Waals surface area contributed by atoms with E-state index in [0.717, 1.165) is 12.1 Å². The second-order valence-corrected chi connectivity index (χ2v) is 3.85. The predicted octanol–water partition coefficient (Wildman–Crippen LogP) is 2.45. The number of benzene rings is 1. The SMILES string of the molecule is COC(=O)C(C)Oc1ccnc2c(F)ccc(F)c12. The fourth-order valence-electron chi connectivity index (χ4n) is 1.67. The number of hydrogen-bond acceptors (Lipinski definition) is 4. The van der Waals surface area contributed by atoms with Gasteiger partial charge in [0.05, 0.1) is 12.5 Å². The Hall–Kier alpha value is -2.24. The van der Waals surface area contributed by atoms with Crippen LogP contribution in [0.15, 0.2) is 24.4 Å². The van der Waals surface area contributed by atoms with Crippen LogP contribution in [0.2, 0.25) is 0 Å². The molecular weight excluding hydrogens is 256 g/mol. The molecule has 0 N–H and O–H groups in total. The molecule has 1 unspecified atom stereocenters. The number of nitrogens with zero attached hydrogens (tertiary/aromatic N) is 1. The van der Waals surface area contributed by atoms with Crippen molar-refractivity contribution in [1.82, 2.24) is 4.98 Å². The lowest BCUT2D eigenvalue weighted by Crippen LogP contribution is -2.25. The van der Waals surface area contributed by atoms with Crippen LogP contribution in [0.5, 0.6) is 5.75 Å². The Kier molecular flexibility index (Phi) is 3.59. The molecule has 4 nitrogen and oxygen atoms in total. The molecule has 2 rings (SSSR count). The van der Waals surface area contributed by atoms with Gasteiger partial charge in [-0.3, -0.25) is 4.98 Å². The van der Waals surface area contributed by atoms with Crippen molar-refractivity contribution in [2.45, 2.75) is 13.0 Å². The highest BCUT2D eigenvalue weighted by Gasteiger charge is 2.19. The smallest absolute Gasteiger partial charge is 0.346 e. The fraction of sp³-hybridized carbons (Fsp3) is 0.231. The van der Waals surface area contributed by atoms with E-state index in [1.54, 1.807) is 0 Å². The van der Waals surface area contributed by atoms with Gasteiger partial charge in [-0.2, -0.15) is 0 Å². The van der Waals surface area contributed by atoms with Crippen molar-refractivity contribution in [2.24, 2.45) is 0 Å². The van der Waals surface area contributed by atoms with Gasteiger partial charge >= 0.3 is 5.97 Å². The van der Waals surface area contributed by atoms with Crippen LogP contribution in [0.1, 0.15) is 6.92 Å². The molecule has 0 amide bonds. The molecule has 0 saturated heterocycles. The van der Waals surface area contributed by atoms with Gasteiger partial charge in [-0.15, -0.1) is 0 Å². The third kappa shape index (κ3) is 2.47. The fourth-order valence-corrected chi connectivity index (χ4v) is 1.67. The Morgan fingerprint density at radius 1 is 1.26 bits per heavy atom. The normalized spacial score (nSPS) is 12.2. The van der Waals surface area contributed by atoms with Gasteiger partial charge in [0.2, 0.25) is 0 Å². The largest absolute Gasteiger partial charge is 0.478 e. The van der Waals surface area contributed by atoms with Crippen LogP contribution in [0.3, 0.4) is 0 Å². The summed E-state index contributed by atoms with van der Waals surface area (Å²) in [6.07, 6.45) is 0.350. The maximum atomic E-state index is 13.8. The number of pyridine rings is 1. The number of carbonyl (C=O) groups excluding carboxylic acids is 1. The van der Waals surface area contributed by atoms with Gasteiger partial charge in [-0.1, -0.05) is 0 Å². The summed E-state index contributed by atoms with van der Waals surface area (Å²) in [5, 5.41) is -0.0988. The van der Waals surface area contributed by atoms with Gasteiger partial charge < -0.3 is 9.47 Å². The maximum Gasteiger partial charge on any atom is 0.346 e. The van der Waals surface area contributed by atoms with E-state index in [2.05, 4.69) is 9.72 Å². The molecule has 0 fully saturated rings. The summed E-state index contributed by atoms with van der Waals surface area (Å²) in [6.45, 7) is 1.45. The molecule has 0 bridgehead atoms. The zero-order valence-corrected chi connectivity index (χ0v) is 10.3. The zero-order chi connectivity index (χ0) is 14.0. The van der Waals surface area contributed by atoms with Crippen LogP contribution in [0, 0.1) is 11.6 Å². The monoisotopic (exact) mass is 267 g/mol. The van der Waals surface area contributed by atoms with Crippen LogP contribution in [0.4, 0.5) is 8.78 Å². The minimum absolute atomic E-state index is 0.0416. The molecule has 0 spiro atoms. The number of halogens is 2.